The van der Waals surface area contributed by atoms with Crippen molar-refractivity contribution in [3.8, 4) is 5.75 Å². The minimum absolute atomic E-state index is 0.0265. The number of aromatic hydroxyl groups is 1. The number of para-hydroxylation sites is 1. The molecule has 1 aliphatic rings. The summed E-state index contributed by atoms with van der Waals surface area (Å²) in [5.41, 5.74) is 0.621. The van der Waals surface area contributed by atoms with Crippen molar-refractivity contribution in [2.24, 2.45) is 4.99 Å². The molecule has 2 aromatic rings. The van der Waals surface area contributed by atoms with Crippen LogP contribution in [0.4, 0.5) is 10.1 Å². The second-order valence-corrected chi connectivity index (χ2v) is 7.56. The molecule has 8 heteroatoms. The van der Waals surface area contributed by atoms with Gasteiger partial charge >= 0.3 is 0 Å². The van der Waals surface area contributed by atoms with Crippen LogP contribution < -0.4 is 5.32 Å². The fourth-order valence-corrected chi connectivity index (χ4v) is 4.05. The predicted octanol–water partition coefficient (Wildman–Crippen LogP) is 4.95. The first-order valence-corrected chi connectivity index (χ1v) is 9.06. The number of benzene rings is 2. The van der Waals surface area contributed by atoms with Gasteiger partial charge in [-0.05, 0) is 58.0 Å². The van der Waals surface area contributed by atoms with Crippen LogP contribution in [0, 0.1) is 5.82 Å². The van der Waals surface area contributed by atoms with Gasteiger partial charge in [0.15, 0.2) is 5.17 Å². The molecule has 0 spiro atoms. The Morgan fingerprint density at radius 2 is 2.00 bits per heavy atom. The largest absolute Gasteiger partial charge is 0.506 e. The molecule has 0 aromatic heterocycles. The first-order chi connectivity index (χ1) is 11.4. The quantitative estimate of drug-likeness (QED) is 0.609. The molecule has 2 N–H and O–H groups in total. The molecule has 4 nitrogen and oxygen atoms in total. The van der Waals surface area contributed by atoms with E-state index in [-0.39, 0.29) is 22.5 Å². The number of amides is 1. The van der Waals surface area contributed by atoms with Crippen LogP contribution in [-0.2, 0) is 4.79 Å². The first kappa shape index (κ1) is 17.2. The van der Waals surface area contributed by atoms with E-state index in [0.717, 1.165) is 16.2 Å². The molecule has 2 aromatic carbocycles. The fraction of sp³-hybridized carbons (Fsp3) is 0. The van der Waals surface area contributed by atoms with Gasteiger partial charge in [0.1, 0.15) is 17.3 Å². The summed E-state index contributed by atoms with van der Waals surface area (Å²) in [5.74, 6) is -0.796. The Morgan fingerprint density at radius 3 is 2.75 bits per heavy atom. The second-order valence-electron chi connectivity index (χ2n) is 4.76. The number of phenolic OH excluding ortho intramolecular Hbond substituents is 1. The number of phenols is 1. The standard InChI is InChI=1S/C16H9Br2FN2O2S/c17-9-5-8(14(22)10(18)7-9)6-13-15(23)21-16(24-13)20-12-4-2-1-3-11(12)19/h1-7,22H,(H,20,21,23)/b13-6-. The van der Waals surface area contributed by atoms with Crippen LogP contribution in [0.1, 0.15) is 5.56 Å². The highest BCUT2D eigenvalue weighted by atomic mass is 79.9. The molecular weight excluding hydrogens is 463 g/mol. The Labute approximate surface area is 158 Å². The minimum Gasteiger partial charge on any atom is -0.506 e. The number of hydrogen-bond donors (Lipinski definition) is 2. The van der Waals surface area contributed by atoms with Gasteiger partial charge in [0.25, 0.3) is 5.91 Å². The van der Waals surface area contributed by atoms with Crippen molar-refractivity contribution in [3.63, 3.8) is 0 Å². The van der Waals surface area contributed by atoms with Crippen molar-refractivity contribution in [1.29, 1.82) is 0 Å². The molecule has 0 saturated carbocycles. The van der Waals surface area contributed by atoms with Crippen LogP contribution in [-0.4, -0.2) is 16.2 Å². The zero-order chi connectivity index (χ0) is 17.3. The van der Waals surface area contributed by atoms with Gasteiger partial charge in [0.05, 0.1) is 9.38 Å². The maximum absolute atomic E-state index is 13.6. The van der Waals surface area contributed by atoms with Crippen LogP contribution in [0.2, 0.25) is 0 Å². The van der Waals surface area contributed by atoms with Crippen LogP contribution in [0.5, 0.6) is 5.75 Å². The lowest BCUT2D eigenvalue weighted by molar-refractivity contribution is -0.115. The normalized spacial score (nSPS) is 17.5. The van der Waals surface area contributed by atoms with Gasteiger partial charge < -0.3 is 10.4 Å². The average molecular weight is 472 g/mol. The number of nitrogens with zero attached hydrogens (tertiary/aromatic N) is 1. The van der Waals surface area contributed by atoms with E-state index >= 15 is 0 Å². The highest BCUT2D eigenvalue weighted by Gasteiger charge is 2.24. The molecule has 0 radical (unpaired) electrons. The zero-order valence-electron chi connectivity index (χ0n) is 11.9. The third-order valence-corrected chi connectivity index (χ3v) is 5.04. The van der Waals surface area contributed by atoms with Gasteiger partial charge in [0, 0.05) is 10.0 Å². The van der Waals surface area contributed by atoms with Crippen LogP contribution >= 0.6 is 43.6 Å². The number of aliphatic imine (C=N–C) groups is 1. The third kappa shape index (κ3) is 3.71. The molecule has 3 rings (SSSR count). The maximum Gasteiger partial charge on any atom is 0.264 e. The van der Waals surface area contributed by atoms with Crippen molar-refractivity contribution < 1.29 is 14.3 Å². The average Bonchev–Trinajstić information content (AvgIpc) is 2.86. The molecule has 122 valence electrons. The fourth-order valence-electron chi connectivity index (χ4n) is 1.97. The third-order valence-electron chi connectivity index (χ3n) is 3.07. The van der Waals surface area contributed by atoms with Crippen LogP contribution in [0.15, 0.2) is 55.2 Å². The summed E-state index contributed by atoms with van der Waals surface area (Å²) >= 11 is 7.66. The molecule has 1 heterocycles. The Hall–Kier alpha value is -1.64. The van der Waals surface area contributed by atoms with Gasteiger partial charge in [-0.15, -0.1) is 0 Å². The van der Waals surface area contributed by atoms with Gasteiger partial charge in [-0.3, -0.25) is 4.79 Å². The number of rotatable bonds is 2. The molecule has 24 heavy (non-hydrogen) atoms. The Balaban J connectivity index is 1.92. The zero-order valence-corrected chi connectivity index (χ0v) is 15.9. The van der Waals surface area contributed by atoms with E-state index < -0.39 is 5.82 Å². The number of hydrogen-bond acceptors (Lipinski definition) is 4. The van der Waals surface area contributed by atoms with E-state index in [1.807, 2.05) is 0 Å². The van der Waals surface area contributed by atoms with Crippen molar-refractivity contribution in [2.45, 2.75) is 0 Å². The van der Waals surface area contributed by atoms with Crippen LogP contribution in [0.25, 0.3) is 6.08 Å². The SMILES string of the molecule is O=C1NC(=Nc2ccccc2F)S/C1=C\c1cc(Br)cc(Br)c1O. The molecule has 1 fully saturated rings. The van der Waals surface area contributed by atoms with E-state index in [2.05, 4.69) is 42.2 Å². The van der Waals surface area contributed by atoms with Crippen molar-refractivity contribution in [2.75, 3.05) is 0 Å². The van der Waals surface area contributed by atoms with Crippen LogP contribution in [0.3, 0.4) is 0 Å². The number of amidine groups is 1. The van der Waals surface area contributed by atoms with Gasteiger partial charge in [-0.25, -0.2) is 9.38 Å². The number of nitrogens with one attached hydrogen (secondary N) is 1. The highest BCUT2D eigenvalue weighted by Crippen LogP contribution is 2.36. The summed E-state index contributed by atoms with van der Waals surface area (Å²) in [4.78, 5) is 16.5. The smallest absolute Gasteiger partial charge is 0.264 e. The maximum atomic E-state index is 13.6. The predicted molar refractivity (Wildman–Crippen MR) is 101 cm³/mol. The Kier molecular flexibility index (Phi) is 5.07. The molecule has 1 amide bonds. The lowest BCUT2D eigenvalue weighted by Crippen LogP contribution is -2.19. The second kappa shape index (κ2) is 7.08. The first-order valence-electron chi connectivity index (χ1n) is 6.66. The van der Waals surface area contributed by atoms with Gasteiger partial charge in [-0.1, -0.05) is 28.1 Å². The van der Waals surface area contributed by atoms with E-state index in [4.69, 9.17) is 0 Å². The molecule has 1 saturated heterocycles. The number of carbonyl (C=O) groups excluding carboxylic acids is 1. The van der Waals surface area contributed by atoms with E-state index in [1.165, 1.54) is 12.1 Å². The lowest BCUT2D eigenvalue weighted by Gasteiger charge is -2.03. The van der Waals surface area contributed by atoms with Crippen molar-refractivity contribution in [3.05, 3.63) is 61.6 Å². The Bertz CT molecular complexity index is 900. The summed E-state index contributed by atoms with van der Waals surface area (Å²) in [6.07, 6.45) is 1.55. The molecule has 1 aliphatic heterocycles. The molecule has 0 unspecified atom stereocenters. The summed E-state index contributed by atoms with van der Waals surface area (Å²) < 4.78 is 14.9. The molecule has 0 aliphatic carbocycles. The highest BCUT2D eigenvalue weighted by molar-refractivity contribution is 9.11. The van der Waals surface area contributed by atoms with Gasteiger partial charge in [-0.2, -0.15) is 0 Å². The Morgan fingerprint density at radius 1 is 1.25 bits per heavy atom. The summed E-state index contributed by atoms with van der Waals surface area (Å²) in [7, 11) is 0. The van der Waals surface area contributed by atoms with Gasteiger partial charge in [0.2, 0.25) is 0 Å². The number of halogens is 3. The molecule has 0 bridgehead atoms. The summed E-state index contributed by atoms with van der Waals surface area (Å²) in [5, 5.41) is 12.9. The summed E-state index contributed by atoms with van der Waals surface area (Å²) in [6.45, 7) is 0. The van der Waals surface area contributed by atoms with Crippen molar-refractivity contribution in [1.82, 2.24) is 5.32 Å². The number of carbonyl (C=O) groups is 1. The topological polar surface area (TPSA) is 61.7 Å². The summed E-state index contributed by atoms with van der Waals surface area (Å²) in [6, 6.07) is 9.44. The van der Waals surface area contributed by atoms with E-state index in [1.54, 1.807) is 30.3 Å². The monoisotopic (exact) mass is 470 g/mol. The van der Waals surface area contributed by atoms with Crippen molar-refractivity contribution >= 4 is 66.5 Å². The molecule has 0 atom stereocenters. The lowest BCUT2D eigenvalue weighted by atomic mass is 10.2. The minimum atomic E-state index is -0.467. The van der Waals surface area contributed by atoms with E-state index in [0.29, 0.717) is 14.9 Å². The molecular formula is C16H9Br2FN2O2S. The number of thioether (sulfide) groups is 1. The van der Waals surface area contributed by atoms with E-state index in [9.17, 15) is 14.3 Å².